The highest BCUT2D eigenvalue weighted by Crippen LogP contribution is 2.17. The molecule has 0 unspecified atom stereocenters. The van der Waals surface area contributed by atoms with Crippen LogP contribution in [0.4, 0.5) is 0 Å². The van der Waals surface area contributed by atoms with Crippen LogP contribution in [0.3, 0.4) is 0 Å². The summed E-state index contributed by atoms with van der Waals surface area (Å²) >= 11 is 1.86. The van der Waals surface area contributed by atoms with E-state index in [1.807, 2.05) is 11.3 Å². The van der Waals surface area contributed by atoms with Crippen molar-refractivity contribution in [2.24, 2.45) is 0 Å². The molecule has 17 heavy (non-hydrogen) atoms. The largest absolute Gasteiger partial charge is 0.361 e. The monoisotopic (exact) mass is 254 g/mol. The van der Waals surface area contributed by atoms with E-state index in [1.54, 1.807) is 0 Å². The van der Waals surface area contributed by atoms with Crippen molar-refractivity contribution in [2.75, 3.05) is 19.8 Å². The number of hydrogen-bond acceptors (Lipinski definition) is 4. The average Bonchev–Trinajstić information content (AvgIpc) is 2.84. The fourth-order valence-electron chi connectivity index (χ4n) is 2.04. The summed E-state index contributed by atoms with van der Waals surface area (Å²) in [5, 5.41) is 6.82. The molecule has 4 heteroatoms. The molecule has 0 amide bonds. The minimum Gasteiger partial charge on any atom is -0.361 e. The van der Waals surface area contributed by atoms with E-state index in [0.717, 1.165) is 26.1 Å². The van der Waals surface area contributed by atoms with Gasteiger partial charge in [0.25, 0.3) is 0 Å². The molecule has 2 heterocycles. The zero-order valence-electron chi connectivity index (χ0n) is 10.5. The molecule has 1 aliphatic rings. The summed E-state index contributed by atoms with van der Waals surface area (Å²) in [7, 11) is 0. The Morgan fingerprint density at radius 2 is 2.12 bits per heavy atom. The molecule has 1 saturated heterocycles. The van der Waals surface area contributed by atoms with Crippen LogP contribution in [0, 0.1) is 0 Å². The molecule has 0 bridgehead atoms. The number of rotatable bonds is 6. The first-order chi connectivity index (χ1) is 8.38. The second-order valence-electron chi connectivity index (χ2n) is 4.44. The van der Waals surface area contributed by atoms with Crippen LogP contribution in [-0.4, -0.2) is 25.9 Å². The number of thiophene rings is 1. The Kier molecular flexibility index (Phi) is 5.45. The van der Waals surface area contributed by atoms with Crippen molar-refractivity contribution in [3.63, 3.8) is 0 Å². The van der Waals surface area contributed by atoms with Crippen molar-refractivity contribution in [3.05, 3.63) is 21.9 Å². The van der Waals surface area contributed by atoms with Crippen LogP contribution >= 0.6 is 11.3 Å². The predicted octanol–water partition coefficient (Wildman–Crippen LogP) is 2.13. The lowest BCUT2D eigenvalue weighted by molar-refractivity contribution is 0.0934. The zero-order valence-corrected chi connectivity index (χ0v) is 11.3. The zero-order chi connectivity index (χ0) is 11.9. The summed E-state index contributed by atoms with van der Waals surface area (Å²) in [4.78, 5) is 2.77. The lowest BCUT2D eigenvalue weighted by Crippen LogP contribution is -2.40. The highest BCUT2D eigenvalue weighted by Gasteiger charge is 2.11. The van der Waals surface area contributed by atoms with Gasteiger partial charge in [-0.05, 0) is 44.5 Å². The van der Waals surface area contributed by atoms with Crippen molar-refractivity contribution in [2.45, 2.75) is 38.8 Å². The van der Waals surface area contributed by atoms with E-state index in [2.05, 4.69) is 29.7 Å². The topological polar surface area (TPSA) is 33.3 Å². The molecule has 0 spiro atoms. The molecule has 0 aromatic carbocycles. The van der Waals surface area contributed by atoms with E-state index in [4.69, 9.17) is 4.74 Å². The van der Waals surface area contributed by atoms with Gasteiger partial charge in [0, 0.05) is 15.8 Å². The van der Waals surface area contributed by atoms with Crippen molar-refractivity contribution in [1.82, 2.24) is 10.6 Å². The second kappa shape index (κ2) is 7.11. The van der Waals surface area contributed by atoms with Gasteiger partial charge in [-0.3, -0.25) is 5.32 Å². The third-order valence-electron chi connectivity index (χ3n) is 3.12. The number of nitrogens with one attached hydrogen (secondary N) is 2. The van der Waals surface area contributed by atoms with Crippen molar-refractivity contribution < 1.29 is 4.74 Å². The maximum Gasteiger partial charge on any atom is 0.0972 e. The van der Waals surface area contributed by atoms with E-state index in [-0.39, 0.29) is 0 Å². The van der Waals surface area contributed by atoms with Gasteiger partial charge < -0.3 is 10.1 Å². The number of piperidine rings is 1. The number of aryl methyl sites for hydroxylation is 1. The van der Waals surface area contributed by atoms with Gasteiger partial charge in [0.1, 0.15) is 0 Å². The normalized spacial score (nSPS) is 17.5. The molecular weight excluding hydrogens is 232 g/mol. The Morgan fingerprint density at radius 3 is 2.82 bits per heavy atom. The third-order valence-corrected chi connectivity index (χ3v) is 4.33. The van der Waals surface area contributed by atoms with Crippen molar-refractivity contribution in [3.8, 4) is 0 Å². The molecule has 3 nitrogen and oxygen atoms in total. The van der Waals surface area contributed by atoms with E-state index >= 15 is 0 Å². The smallest absolute Gasteiger partial charge is 0.0972 e. The van der Waals surface area contributed by atoms with Crippen LogP contribution in [0.15, 0.2) is 12.1 Å². The molecule has 0 radical (unpaired) electrons. The fraction of sp³-hybridized carbons (Fsp3) is 0.692. The summed E-state index contributed by atoms with van der Waals surface area (Å²) in [5.41, 5.74) is 0. The van der Waals surface area contributed by atoms with Gasteiger partial charge >= 0.3 is 0 Å². The van der Waals surface area contributed by atoms with Crippen LogP contribution in [0.2, 0.25) is 0 Å². The number of hydrogen-bond donors (Lipinski definition) is 2. The summed E-state index contributed by atoms with van der Waals surface area (Å²) in [6.45, 7) is 5.85. The Balaban J connectivity index is 1.59. The molecule has 2 rings (SSSR count). The average molecular weight is 254 g/mol. The number of ether oxygens (including phenoxy) is 1. The molecule has 1 fully saturated rings. The summed E-state index contributed by atoms with van der Waals surface area (Å²) in [6.07, 6.45) is 3.54. The molecule has 1 aromatic rings. The second-order valence-corrected chi connectivity index (χ2v) is 5.70. The summed E-state index contributed by atoms with van der Waals surface area (Å²) in [6, 6.07) is 5.00. The Hall–Kier alpha value is -0.420. The quantitative estimate of drug-likeness (QED) is 0.603. The predicted molar refractivity (Wildman–Crippen MR) is 72.4 cm³/mol. The molecule has 0 atom stereocenters. The Bertz CT molecular complexity index is 321. The first kappa shape index (κ1) is 13.0. The van der Waals surface area contributed by atoms with Crippen LogP contribution in [-0.2, 0) is 17.8 Å². The van der Waals surface area contributed by atoms with Gasteiger partial charge in [0.15, 0.2) is 0 Å². The molecule has 96 valence electrons. The first-order valence-corrected chi connectivity index (χ1v) is 7.29. The van der Waals surface area contributed by atoms with E-state index < -0.39 is 0 Å². The van der Waals surface area contributed by atoms with Crippen molar-refractivity contribution in [1.29, 1.82) is 0 Å². The van der Waals surface area contributed by atoms with Gasteiger partial charge in [-0.25, -0.2) is 0 Å². The van der Waals surface area contributed by atoms with Gasteiger partial charge in [0.05, 0.1) is 13.3 Å². The van der Waals surface area contributed by atoms with Crippen LogP contribution in [0.5, 0.6) is 0 Å². The lowest BCUT2D eigenvalue weighted by Gasteiger charge is -2.23. The first-order valence-electron chi connectivity index (χ1n) is 6.48. The summed E-state index contributed by atoms with van der Waals surface area (Å²) in [5.74, 6) is 0. The minimum absolute atomic E-state index is 0.630. The molecular formula is C13H22N2OS. The molecule has 0 aliphatic carbocycles. The van der Waals surface area contributed by atoms with E-state index in [1.165, 1.54) is 22.6 Å². The Morgan fingerprint density at radius 1 is 1.35 bits per heavy atom. The maximum atomic E-state index is 5.66. The third kappa shape index (κ3) is 4.39. The summed E-state index contributed by atoms with van der Waals surface area (Å²) < 4.78 is 5.66. The SMILES string of the molecule is CCc1ccc(COCNC2CCNCC2)s1. The highest BCUT2D eigenvalue weighted by atomic mass is 32.1. The van der Waals surface area contributed by atoms with Crippen LogP contribution in [0.25, 0.3) is 0 Å². The van der Waals surface area contributed by atoms with Crippen LogP contribution in [0.1, 0.15) is 29.5 Å². The molecule has 1 aliphatic heterocycles. The van der Waals surface area contributed by atoms with E-state index in [9.17, 15) is 0 Å². The molecule has 2 N–H and O–H groups in total. The Labute approximate surface area is 108 Å². The van der Waals surface area contributed by atoms with Crippen molar-refractivity contribution >= 4 is 11.3 Å². The van der Waals surface area contributed by atoms with Gasteiger partial charge in [-0.15, -0.1) is 11.3 Å². The fourth-order valence-corrected chi connectivity index (χ4v) is 2.94. The lowest BCUT2D eigenvalue weighted by atomic mass is 10.1. The maximum absolute atomic E-state index is 5.66. The molecule has 1 aromatic heterocycles. The van der Waals surface area contributed by atoms with E-state index in [0.29, 0.717) is 12.8 Å². The standard InChI is InChI=1S/C13H22N2OS/c1-2-12-3-4-13(17-12)9-16-10-15-11-5-7-14-8-6-11/h3-4,11,14-15H,2,5-10H2,1H3. The van der Waals surface area contributed by atoms with Crippen LogP contribution < -0.4 is 10.6 Å². The minimum atomic E-state index is 0.630. The van der Waals surface area contributed by atoms with Gasteiger partial charge in [-0.1, -0.05) is 6.92 Å². The van der Waals surface area contributed by atoms with Gasteiger partial charge in [0.2, 0.25) is 0 Å². The molecule has 0 saturated carbocycles. The highest BCUT2D eigenvalue weighted by molar-refractivity contribution is 7.11. The van der Waals surface area contributed by atoms with Gasteiger partial charge in [-0.2, -0.15) is 0 Å².